The van der Waals surface area contributed by atoms with Crippen molar-refractivity contribution >= 4 is 0 Å². The number of aromatic nitrogens is 2. The Morgan fingerprint density at radius 1 is 0.405 bits per heavy atom. The van der Waals surface area contributed by atoms with Gasteiger partial charge in [0.15, 0.2) is 0 Å². The Labute approximate surface area is 237 Å². The first-order chi connectivity index (χ1) is 16.8. The molecule has 0 atom stereocenters. The van der Waals surface area contributed by atoms with Gasteiger partial charge in [0, 0.05) is 44.4 Å². The zero-order chi connectivity index (χ0) is 25.9. The average Bonchev–Trinajstić information content (AvgIpc) is 2.88. The summed E-state index contributed by atoms with van der Waals surface area (Å²) in [6, 6.07) is 33.4. The molecular weight excluding hydrogens is 631 g/mol. The minimum Gasteiger partial charge on any atom is -0.256 e. The number of rotatable bonds is 0. The molecule has 3 heterocycles. The summed E-state index contributed by atoms with van der Waals surface area (Å²) in [6.45, 7) is 17.9. The molecule has 3 heteroatoms. The SMILES string of the molecule is CC1(C)c2[c-]c(ccc2)C(C)(C)c2cccc(n2)C(C)(C)c2[c-]c(ccc2)C(C)(C)c2cccc1n2.[Pt+2]. The van der Waals surface area contributed by atoms with E-state index in [2.05, 4.69) is 140 Å². The van der Waals surface area contributed by atoms with E-state index in [4.69, 9.17) is 9.97 Å². The van der Waals surface area contributed by atoms with Crippen molar-refractivity contribution in [3.63, 3.8) is 0 Å². The van der Waals surface area contributed by atoms with Crippen LogP contribution < -0.4 is 0 Å². The van der Waals surface area contributed by atoms with Gasteiger partial charge in [0.2, 0.25) is 0 Å². The van der Waals surface area contributed by atoms with E-state index in [1.807, 2.05) is 0 Å². The summed E-state index contributed by atoms with van der Waals surface area (Å²) in [5, 5.41) is 0. The van der Waals surface area contributed by atoms with Crippen LogP contribution >= 0.6 is 0 Å². The van der Waals surface area contributed by atoms with E-state index in [9.17, 15) is 0 Å². The number of nitrogens with zero attached hydrogens (tertiary/aromatic N) is 2. The molecule has 8 bridgehead atoms. The molecule has 2 aromatic carbocycles. The molecule has 4 aromatic rings. The maximum absolute atomic E-state index is 5.26. The van der Waals surface area contributed by atoms with Crippen LogP contribution in [0.1, 0.15) is 100 Å². The van der Waals surface area contributed by atoms with Crippen molar-refractivity contribution in [2.75, 3.05) is 0 Å². The summed E-state index contributed by atoms with van der Waals surface area (Å²) in [4.78, 5) is 10.5. The Morgan fingerprint density at radius 2 is 0.622 bits per heavy atom. The molecule has 2 nitrogen and oxygen atoms in total. The molecule has 0 unspecified atom stereocenters. The molecule has 0 fully saturated rings. The smallest absolute Gasteiger partial charge is 0.256 e. The van der Waals surface area contributed by atoms with E-state index in [1.165, 1.54) is 0 Å². The van der Waals surface area contributed by atoms with Crippen LogP contribution in [0.4, 0.5) is 0 Å². The molecule has 37 heavy (non-hydrogen) atoms. The maximum Gasteiger partial charge on any atom is 2.00 e. The van der Waals surface area contributed by atoms with E-state index in [-0.39, 0.29) is 42.7 Å². The average molecular weight is 668 g/mol. The van der Waals surface area contributed by atoms with Crippen molar-refractivity contribution in [3.05, 3.63) is 130 Å². The molecule has 1 aliphatic rings. The third-order valence-corrected chi connectivity index (χ3v) is 8.34. The molecule has 0 saturated heterocycles. The zero-order valence-electron chi connectivity index (χ0n) is 23.1. The first-order valence-electron chi connectivity index (χ1n) is 12.9. The fourth-order valence-corrected chi connectivity index (χ4v) is 5.21. The minimum atomic E-state index is -0.307. The van der Waals surface area contributed by atoms with Crippen LogP contribution in [0.5, 0.6) is 0 Å². The normalized spacial score (nSPS) is 18.4. The van der Waals surface area contributed by atoms with E-state index in [0.717, 1.165) is 45.0 Å². The number of hydrogen-bond acceptors (Lipinski definition) is 2. The van der Waals surface area contributed by atoms with Gasteiger partial charge in [-0.3, -0.25) is 9.97 Å². The maximum atomic E-state index is 5.26. The number of fused-ring (bicyclic) bond motifs is 8. The zero-order valence-corrected chi connectivity index (χ0v) is 25.4. The second kappa shape index (κ2) is 9.32. The van der Waals surface area contributed by atoms with E-state index in [0.29, 0.717) is 0 Å². The fraction of sp³-hybridized carbons (Fsp3) is 0.353. The Kier molecular flexibility index (Phi) is 6.91. The van der Waals surface area contributed by atoms with E-state index >= 15 is 0 Å². The van der Waals surface area contributed by atoms with Gasteiger partial charge in [-0.25, -0.2) is 0 Å². The van der Waals surface area contributed by atoms with Gasteiger partial charge in [0.25, 0.3) is 0 Å². The second-order valence-corrected chi connectivity index (χ2v) is 12.3. The van der Waals surface area contributed by atoms with Crippen LogP contribution in [0.25, 0.3) is 0 Å². The number of hydrogen-bond donors (Lipinski definition) is 0. The predicted octanol–water partition coefficient (Wildman–Crippen LogP) is 7.69. The molecule has 1 aliphatic heterocycles. The summed E-state index contributed by atoms with van der Waals surface area (Å²) in [5.74, 6) is 0. The number of benzene rings is 2. The summed E-state index contributed by atoms with van der Waals surface area (Å²) in [5.41, 5.74) is 7.48. The molecule has 5 rings (SSSR count). The summed E-state index contributed by atoms with van der Waals surface area (Å²) in [6.07, 6.45) is 0. The second-order valence-electron chi connectivity index (χ2n) is 12.3. The van der Waals surface area contributed by atoms with E-state index in [1.54, 1.807) is 0 Å². The first-order valence-corrected chi connectivity index (χ1v) is 12.9. The topological polar surface area (TPSA) is 25.8 Å². The molecule has 0 spiro atoms. The Balaban J connectivity index is 0.00000320. The van der Waals surface area contributed by atoms with Crippen LogP contribution in [0, 0.1) is 12.1 Å². The number of pyridine rings is 2. The van der Waals surface area contributed by atoms with Crippen LogP contribution in [-0.2, 0) is 42.7 Å². The van der Waals surface area contributed by atoms with Gasteiger partial charge >= 0.3 is 21.1 Å². The molecule has 0 aliphatic carbocycles. The van der Waals surface area contributed by atoms with Gasteiger partial charge in [-0.2, -0.15) is 70.8 Å². The molecule has 0 N–H and O–H groups in total. The molecule has 2 aromatic heterocycles. The van der Waals surface area contributed by atoms with Gasteiger partial charge in [-0.15, -0.1) is 0 Å². The Hall–Kier alpha value is -2.57. The third-order valence-electron chi connectivity index (χ3n) is 8.34. The van der Waals surface area contributed by atoms with Gasteiger partial charge in [0.05, 0.1) is 0 Å². The van der Waals surface area contributed by atoms with Crippen molar-refractivity contribution < 1.29 is 21.1 Å². The Morgan fingerprint density at radius 3 is 0.865 bits per heavy atom. The van der Waals surface area contributed by atoms with Crippen LogP contribution in [-0.4, -0.2) is 9.97 Å². The van der Waals surface area contributed by atoms with Gasteiger partial charge in [0.1, 0.15) is 0 Å². The van der Waals surface area contributed by atoms with Crippen LogP contribution in [0.2, 0.25) is 0 Å². The standard InChI is InChI=1S/C34H36N2.Pt/c1-31(2)23-13-9-14-24(21-23)32(3,4)29-19-12-20-30(36-29)34(7,8)26-16-10-15-25(22-26)33(5,6)28-18-11-17-27(31)35-28;/h9-20H,1-8H3;/q-2;+2. The Bertz CT molecular complexity index is 1140. The summed E-state index contributed by atoms with van der Waals surface area (Å²) in [7, 11) is 0. The molecule has 0 amide bonds. The molecule has 192 valence electrons. The first kappa shape index (κ1) is 27.5. The van der Waals surface area contributed by atoms with Crippen LogP contribution in [0.3, 0.4) is 0 Å². The van der Waals surface area contributed by atoms with Crippen molar-refractivity contribution in [3.8, 4) is 0 Å². The summed E-state index contributed by atoms with van der Waals surface area (Å²) < 4.78 is 0. The monoisotopic (exact) mass is 667 g/mol. The van der Waals surface area contributed by atoms with E-state index < -0.39 is 0 Å². The van der Waals surface area contributed by atoms with Gasteiger partial charge in [-0.1, -0.05) is 67.5 Å². The molecule has 0 saturated carbocycles. The largest absolute Gasteiger partial charge is 2.00 e. The van der Waals surface area contributed by atoms with Crippen molar-refractivity contribution in [1.29, 1.82) is 0 Å². The van der Waals surface area contributed by atoms with Crippen LogP contribution in [0.15, 0.2) is 72.8 Å². The molecular formula is C34H36N2Pt. The predicted molar refractivity (Wildman–Crippen MR) is 148 cm³/mol. The third kappa shape index (κ3) is 4.52. The minimum absolute atomic E-state index is 0. The van der Waals surface area contributed by atoms with Gasteiger partial charge in [-0.05, 0) is 24.3 Å². The van der Waals surface area contributed by atoms with Crippen molar-refractivity contribution in [2.24, 2.45) is 0 Å². The molecule has 0 radical (unpaired) electrons. The fourth-order valence-electron chi connectivity index (χ4n) is 5.21. The van der Waals surface area contributed by atoms with Gasteiger partial charge < -0.3 is 0 Å². The van der Waals surface area contributed by atoms with Crippen molar-refractivity contribution in [2.45, 2.75) is 77.0 Å². The van der Waals surface area contributed by atoms with Crippen molar-refractivity contribution in [1.82, 2.24) is 9.97 Å². The summed E-state index contributed by atoms with van der Waals surface area (Å²) >= 11 is 0. The quantitative estimate of drug-likeness (QED) is 0.180.